The van der Waals surface area contributed by atoms with Gasteiger partial charge in [0.1, 0.15) is 0 Å². The number of anilines is 1. The molecule has 0 saturated heterocycles. The molecule has 1 heterocycles. The first-order chi connectivity index (χ1) is 8.33. The number of nitrogens with zero attached hydrogens (tertiary/aromatic N) is 1. The van der Waals surface area contributed by atoms with Crippen molar-refractivity contribution in [1.29, 1.82) is 0 Å². The normalized spacial score (nSPS) is 24.4. The van der Waals surface area contributed by atoms with Gasteiger partial charge in [0.25, 0.3) is 0 Å². The molecule has 2 unspecified atom stereocenters. The van der Waals surface area contributed by atoms with E-state index in [0.29, 0.717) is 17.8 Å². The van der Waals surface area contributed by atoms with Crippen LogP contribution in [0.1, 0.15) is 25.7 Å². The Labute approximate surface area is 103 Å². The molecule has 4 nitrogen and oxygen atoms in total. The second kappa shape index (κ2) is 5.87. The Balaban J connectivity index is 1.98. The predicted octanol–water partition coefficient (Wildman–Crippen LogP) is 2.02. The quantitative estimate of drug-likeness (QED) is 0.838. The fourth-order valence-corrected chi connectivity index (χ4v) is 2.48. The van der Waals surface area contributed by atoms with Crippen LogP contribution in [0.15, 0.2) is 18.3 Å². The van der Waals surface area contributed by atoms with Gasteiger partial charge in [-0.05, 0) is 31.4 Å². The van der Waals surface area contributed by atoms with Gasteiger partial charge in [0.05, 0.1) is 19.0 Å². The number of nitrogens with two attached hydrogens (primary N) is 1. The molecule has 1 aliphatic rings. The highest BCUT2D eigenvalue weighted by Gasteiger charge is 2.23. The molecular formula is C13H21N3O. The first-order valence-corrected chi connectivity index (χ1v) is 6.30. The van der Waals surface area contributed by atoms with E-state index in [9.17, 15) is 0 Å². The lowest BCUT2D eigenvalue weighted by atomic mass is 9.84. The zero-order valence-electron chi connectivity index (χ0n) is 10.4. The summed E-state index contributed by atoms with van der Waals surface area (Å²) >= 11 is 0. The van der Waals surface area contributed by atoms with Crippen LogP contribution in [0.2, 0.25) is 0 Å². The standard InChI is InChI=1S/C13H21N3O/c1-17-13-7-6-11(9-15-13)16-12-5-3-2-4-10(12)8-14/h6-7,9-10,12,16H,2-5,8,14H2,1H3. The number of rotatable bonds is 4. The number of aromatic nitrogens is 1. The maximum atomic E-state index is 5.82. The largest absolute Gasteiger partial charge is 0.481 e. The summed E-state index contributed by atoms with van der Waals surface area (Å²) in [5.41, 5.74) is 6.87. The molecule has 0 bridgehead atoms. The second-order valence-electron chi connectivity index (χ2n) is 4.62. The van der Waals surface area contributed by atoms with Crippen LogP contribution >= 0.6 is 0 Å². The molecule has 1 aliphatic carbocycles. The Hall–Kier alpha value is -1.29. The number of nitrogens with one attached hydrogen (secondary N) is 1. The van der Waals surface area contributed by atoms with Crippen molar-refractivity contribution in [3.63, 3.8) is 0 Å². The minimum atomic E-state index is 0.490. The zero-order valence-corrected chi connectivity index (χ0v) is 10.4. The average molecular weight is 235 g/mol. The van der Waals surface area contributed by atoms with E-state index in [4.69, 9.17) is 10.5 Å². The SMILES string of the molecule is COc1ccc(NC2CCCCC2CN)cn1. The molecule has 1 aromatic rings. The van der Waals surface area contributed by atoms with Gasteiger partial charge in [-0.15, -0.1) is 0 Å². The summed E-state index contributed by atoms with van der Waals surface area (Å²) in [6, 6.07) is 4.38. The van der Waals surface area contributed by atoms with Crippen LogP contribution in [0.5, 0.6) is 5.88 Å². The highest BCUT2D eigenvalue weighted by molar-refractivity contribution is 5.43. The summed E-state index contributed by atoms with van der Waals surface area (Å²) in [4.78, 5) is 4.20. The lowest BCUT2D eigenvalue weighted by Gasteiger charge is -2.32. The smallest absolute Gasteiger partial charge is 0.213 e. The number of hydrogen-bond acceptors (Lipinski definition) is 4. The van der Waals surface area contributed by atoms with Crippen LogP contribution in [0.3, 0.4) is 0 Å². The number of methoxy groups -OCH3 is 1. The van der Waals surface area contributed by atoms with Gasteiger partial charge in [0.2, 0.25) is 5.88 Å². The molecule has 1 aromatic heterocycles. The van der Waals surface area contributed by atoms with E-state index in [1.54, 1.807) is 7.11 Å². The topological polar surface area (TPSA) is 60.2 Å². The van der Waals surface area contributed by atoms with Crippen molar-refractivity contribution in [2.24, 2.45) is 11.7 Å². The zero-order chi connectivity index (χ0) is 12.1. The molecule has 2 rings (SSSR count). The highest BCUT2D eigenvalue weighted by atomic mass is 16.5. The molecule has 1 fully saturated rings. The number of hydrogen-bond donors (Lipinski definition) is 2. The summed E-state index contributed by atoms with van der Waals surface area (Å²) in [7, 11) is 1.63. The summed E-state index contributed by atoms with van der Waals surface area (Å²) < 4.78 is 5.04. The molecule has 3 N–H and O–H groups in total. The fourth-order valence-electron chi connectivity index (χ4n) is 2.48. The Morgan fingerprint density at radius 3 is 2.88 bits per heavy atom. The van der Waals surface area contributed by atoms with E-state index in [0.717, 1.165) is 12.2 Å². The molecule has 17 heavy (non-hydrogen) atoms. The van der Waals surface area contributed by atoms with Gasteiger partial charge >= 0.3 is 0 Å². The second-order valence-corrected chi connectivity index (χ2v) is 4.62. The average Bonchev–Trinajstić information content (AvgIpc) is 2.40. The highest BCUT2D eigenvalue weighted by Crippen LogP contribution is 2.26. The van der Waals surface area contributed by atoms with Gasteiger partial charge in [0, 0.05) is 12.1 Å². The Bertz CT molecular complexity index is 339. The lowest BCUT2D eigenvalue weighted by Crippen LogP contribution is -2.36. The maximum absolute atomic E-state index is 5.82. The lowest BCUT2D eigenvalue weighted by molar-refractivity contribution is 0.332. The van der Waals surface area contributed by atoms with Crippen LogP contribution in [-0.2, 0) is 0 Å². The summed E-state index contributed by atoms with van der Waals surface area (Å²) in [5.74, 6) is 1.24. The van der Waals surface area contributed by atoms with E-state index in [-0.39, 0.29) is 0 Å². The molecule has 0 aliphatic heterocycles. The molecule has 0 radical (unpaired) electrons. The third kappa shape index (κ3) is 3.09. The molecule has 4 heteroatoms. The fraction of sp³-hybridized carbons (Fsp3) is 0.615. The van der Waals surface area contributed by atoms with Crippen molar-refractivity contribution >= 4 is 5.69 Å². The Morgan fingerprint density at radius 1 is 1.41 bits per heavy atom. The number of ether oxygens (including phenoxy) is 1. The van der Waals surface area contributed by atoms with Crippen molar-refractivity contribution in [3.05, 3.63) is 18.3 Å². The molecule has 0 spiro atoms. The van der Waals surface area contributed by atoms with E-state index < -0.39 is 0 Å². The molecule has 1 saturated carbocycles. The summed E-state index contributed by atoms with van der Waals surface area (Å²) in [6.45, 7) is 0.765. The maximum Gasteiger partial charge on any atom is 0.213 e. The Morgan fingerprint density at radius 2 is 2.24 bits per heavy atom. The van der Waals surface area contributed by atoms with E-state index in [1.165, 1.54) is 25.7 Å². The van der Waals surface area contributed by atoms with Crippen molar-refractivity contribution in [3.8, 4) is 5.88 Å². The molecule has 94 valence electrons. The predicted molar refractivity (Wildman–Crippen MR) is 69.2 cm³/mol. The van der Waals surface area contributed by atoms with Gasteiger partial charge in [0.15, 0.2) is 0 Å². The first kappa shape index (κ1) is 12.2. The van der Waals surface area contributed by atoms with Crippen LogP contribution < -0.4 is 15.8 Å². The minimum Gasteiger partial charge on any atom is -0.481 e. The molecule has 2 atom stereocenters. The minimum absolute atomic E-state index is 0.490. The first-order valence-electron chi connectivity index (χ1n) is 6.30. The molecular weight excluding hydrogens is 214 g/mol. The summed E-state index contributed by atoms with van der Waals surface area (Å²) in [5, 5.41) is 3.54. The van der Waals surface area contributed by atoms with Crippen molar-refractivity contribution in [2.75, 3.05) is 19.0 Å². The van der Waals surface area contributed by atoms with E-state index >= 15 is 0 Å². The monoisotopic (exact) mass is 235 g/mol. The van der Waals surface area contributed by atoms with Crippen molar-refractivity contribution in [1.82, 2.24) is 4.98 Å². The van der Waals surface area contributed by atoms with Crippen LogP contribution in [0.4, 0.5) is 5.69 Å². The van der Waals surface area contributed by atoms with Gasteiger partial charge in [-0.25, -0.2) is 4.98 Å². The third-order valence-corrected chi connectivity index (χ3v) is 3.51. The van der Waals surface area contributed by atoms with Crippen LogP contribution in [0.25, 0.3) is 0 Å². The van der Waals surface area contributed by atoms with Gasteiger partial charge < -0.3 is 15.8 Å². The van der Waals surface area contributed by atoms with Gasteiger partial charge in [-0.3, -0.25) is 0 Å². The van der Waals surface area contributed by atoms with Crippen LogP contribution in [-0.4, -0.2) is 24.7 Å². The van der Waals surface area contributed by atoms with E-state index in [2.05, 4.69) is 10.3 Å². The van der Waals surface area contributed by atoms with E-state index in [1.807, 2.05) is 18.3 Å². The Kier molecular flexibility index (Phi) is 4.20. The van der Waals surface area contributed by atoms with Crippen molar-refractivity contribution < 1.29 is 4.74 Å². The molecule has 0 amide bonds. The third-order valence-electron chi connectivity index (χ3n) is 3.51. The van der Waals surface area contributed by atoms with Crippen LogP contribution in [0, 0.1) is 5.92 Å². The van der Waals surface area contributed by atoms with Crippen molar-refractivity contribution in [2.45, 2.75) is 31.7 Å². The van der Waals surface area contributed by atoms with Gasteiger partial charge in [-0.1, -0.05) is 12.8 Å². The summed E-state index contributed by atoms with van der Waals surface area (Å²) in [6.07, 6.45) is 6.85. The van der Waals surface area contributed by atoms with Gasteiger partial charge in [-0.2, -0.15) is 0 Å². The number of pyridine rings is 1. The molecule has 0 aromatic carbocycles.